The van der Waals surface area contributed by atoms with Crippen molar-refractivity contribution in [2.75, 3.05) is 7.11 Å². The Morgan fingerprint density at radius 3 is 2.51 bits per heavy atom. The summed E-state index contributed by atoms with van der Waals surface area (Å²) in [6, 6.07) is 12.1. The van der Waals surface area contributed by atoms with Crippen LogP contribution in [0.4, 0.5) is 13.2 Å². The number of nitriles is 1. The van der Waals surface area contributed by atoms with Crippen LogP contribution in [0.25, 0.3) is 0 Å². The smallest absolute Gasteiger partial charge is 0.437 e. The highest BCUT2D eigenvalue weighted by molar-refractivity contribution is 6.30. The van der Waals surface area contributed by atoms with Crippen LogP contribution in [0.5, 0.6) is 23.1 Å². The van der Waals surface area contributed by atoms with Gasteiger partial charge in [-0.25, -0.2) is 9.97 Å². The van der Waals surface area contributed by atoms with E-state index < -0.39 is 35.6 Å². The lowest BCUT2D eigenvalue weighted by Gasteiger charge is -2.16. The number of carbonyl (C=O) groups excluding carboxylic acids is 1. The van der Waals surface area contributed by atoms with Crippen LogP contribution in [-0.2, 0) is 19.3 Å². The molecule has 15 heteroatoms. The van der Waals surface area contributed by atoms with Gasteiger partial charge in [0.15, 0.2) is 5.69 Å². The van der Waals surface area contributed by atoms with E-state index in [2.05, 4.69) is 15.0 Å². The van der Waals surface area contributed by atoms with Crippen LogP contribution in [0, 0.1) is 11.3 Å². The van der Waals surface area contributed by atoms with Crippen LogP contribution in [-0.4, -0.2) is 32.5 Å². The Kier molecular flexibility index (Phi) is 8.39. The summed E-state index contributed by atoms with van der Waals surface area (Å²) in [5.74, 6) is -2.30. The predicted octanol–water partition coefficient (Wildman–Crippen LogP) is 4.10. The molecule has 0 spiro atoms. The molecule has 210 valence electrons. The average molecular weight is 587 g/mol. The molecule has 4 rings (SSSR count). The molecule has 41 heavy (non-hydrogen) atoms. The predicted molar refractivity (Wildman–Crippen MR) is 137 cm³/mol. The number of rotatable bonds is 9. The van der Waals surface area contributed by atoms with Gasteiger partial charge in [0.25, 0.3) is 11.5 Å². The van der Waals surface area contributed by atoms with Crippen molar-refractivity contribution in [2.45, 2.75) is 19.3 Å². The van der Waals surface area contributed by atoms with E-state index in [1.54, 1.807) is 30.3 Å². The molecule has 1 amide bonds. The van der Waals surface area contributed by atoms with Gasteiger partial charge in [0, 0.05) is 11.2 Å². The van der Waals surface area contributed by atoms with E-state index in [0.717, 1.165) is 22.9 Å². The Bertz CT molecular complexity index is 1700. The van der Waals surface area contributed by atoms with E-state index in [1.165, 1.54) is 13.2 Å². The van der Waals surface area contributed by atoms with Gasteiger partial charge in [-0.2, -0.15) is 23.4 Å². The topological polar surface area (TPSA) is 155 Å². The number of ether oxygens (including phenoxy) is 3. The minimum atomic E-state index is -5.05. The number of methoxy groups -OCH3 is 1. The molecule has 0 bridgehead atoms. The summed E-state index contributed by atoms with van der Waals surface area (Å²) < 4.78 is 58.2. The fourth-order valence-electron chi connectivity index (χ4n) is 3.48. The van der Waals surface area contributed by atoms with E-state index >= 15 is 0 Å². The zero-order chi connectivity index (χ0) is 29.7. The fraction of sp³-hybridized carbons (Fsp3) is 0.154. The third-order valence-corrected chi connectivity index (χ3v) is 5.62. The van der Waals surface area contributed by atoms with Crippen molar-refractivity contribution in [2.24, 2.45) is 5.73 Å². The number of carbonyl (C=O) groups is 1. The van der Waals surface area contributed by atoms with Crippen molar-refractivity contribution < 1.29 is 32.2 Å². The molecule has 4 aromatic rings. The summed E-state index contributed by atoms with van der Waals surface area (Å²) in [4.78, 5) is 36.1. The van der Waals surface area contributed by atoms with Crippen molar-refractivity contribution in [3.8, 4) is 29.2 Å². The number of nitrogens with zero attached hydrogens (tertiary/aromatic N) is 5. The molecule has 2 heterocycles. The number of hydrogen-bond acceptors (Lipinski definition) is 9. The highest BCUT2D eigenvalue weighted by Crippen LogP contribution is 2.35. The Hall–Kier alpha value is -5.16. The number of hydrogen-bond donors (Lipinski definition) is 1. The molecule has 2 aromatic carbocycles. The SMILES string of the molecule is COc1ccc(COc2nc(C(N)=O)ncc2Cn2cnc(C(F)(F)F)c(Oc3cc(Cl)cc(C#N)c3)c2=O)cc1. The molecule has 0 atom stereocenters. The van der Waals surface area contributed by atoms with Gasteiger partial charge in [-0.1, -0.05) is 23.7 Å². The highest BCUT2D eigenvalue weighted by atomic mass is 35.5. The molecule has 2 aromatic heterocycles. The zero-order valence-corrected chi connectivity index (χ0v) is 21.7. The van der Waals surface area contributed by atoms with Gasteiger partial charge in [-0.3, -0.25) is 14.2 Å². The summed E-state index contributed by atoms with van der Waals surface area (Å²) in [5.41, 5.74) is 3.28. The number of nitrogens with two attached hydrogens (primary N) is 1. The van der Waals surface area contributed by atoms with Gasteiger partial charge in [0.2, 0.25) is 17.5 Å². The summed E-state index contributed by atoms with van der Waals surface area (Å²) in [6.45, 7) is -0.451. The summed E-state index contributed by atoms with van der Waals surface area (Å²) in [5, 5.41) is 9.14. The van der Waals surface area contributed by atoms with E-state index in [-0.39, 0.29) is 40.2 Å². The van der Waals surface area contributed by atoms with Gasteiger partial charge in [-0.15, -0.1) is 0 Å². The van der Waals surface area contributed by atoms with E-state index in [1.807, 2.05) is 0 Å². The van der Waals surface area contributed by atoms with E-state index in [9.17, 15) is 22.8 Å². The summed E-state index contributed by atoms with van der Waals surface area (Å²) in [6.07, 6.45) is -3.23. The summed E-state index contributed by atoms with van der Waals surface area (Å²) in [7, 11) is 1.51. The maximum atomic E-state index is 13.7. The van der Waals surface area contributed by atoms with Crippen molar-refractivity contribution >= 4 is 17.5 Å². The van der Waals surface area contributed by atoms with Crippen LogP contribution >= 0.6 is 11.6 Å². The van der Waals surface area contributed by atoms with Crippen molar-refractivity contribution in [3.05, 3.63) is 98.6 Å². The van der Waals surface area contributed by atoms with Crippen LogP contribution in [0.3, 0.4) is 0 Å². The Morgan fingerprint density at radius 2 is 1.88 bits per heavy atom. The van der Waals surface area contributed by atoms with E-state index in [0.29, 0.717) is 17.6 Å². The summed E-state index contributed by atoms with van der Waals surface area (Å²) >= 11 is 5.93. The van der Waals surface area contributed by atoms with Crippen LogP contribution in [0.15, 0.2) is 59.8 Å². The maximum absolute atomic E-state index is 13.7. The molecule has 0 radical (unpaired) electrons. The number of halogens is 4. The monoisotopic (exact) mass is 586 g/mol. The molecule has 2 N–H and O–H groups in total. The molecule has 0 aliphatic heterocycles. The standard InChI is InChI=1S/C26H18ClF3N6O5/c1-39-18-4-2-14(3-5-18)12-40-24-16(10-33-23(35-24)22(32)37)11-36-13-34-21(26(28,29)30)20(25(36)38)41-19-7-15(9-31)6-17(27)8-19/h2-8,10,13H,11-12H2,1H3,(H2,32,37). The lowest BCUT2D eigenvalue weighted by atomic mass is 10.2. The second-order valence-corrected chi connectivity index (χ2v) is 8.70. The number of benzene rings is 2. The third-order valence-electron chi connectivity index (χ3n) is 5.41. The van der Waals surface area contributed by atoms with Gasteiger partial charge in [-0.05, 0) is 35.9 Å². The molecule has 0 aliphatic rings. The number of primary amides is 1. The molecular formula is C26H18ClF3N6O5. The second kappa shape index (κ2) is 11.9. The average Bonchev–Trinajstić information content (AvgIpc) is 2.93. The minimum absolute atomic E-state index is 0.00200. The first-order valence-electron chi connectivity index (χ1n) is 11.4. The first-order valence-corrected chi connectivity index (χ1v) is 11.8. The van der Waals surface area contributed by atoms with Crippen LogP contribution in [0.1, 0.15) is 33.0 Å². The quantitative estimate of drug-likeness (QED) is 0.305. The van der Waals surface area contributed by atoms with Gasteiger partial charge >= 0.3 is 6.18 Å². The molecule has 0 unspecified atom stereocenters. The normalized spacial score (nSPS) is 11.0. The molecule has 0 saturated heterocycles. The lowest BCUT2D eigenvalue weighted by molar-refractivity contribution is -0.142. The van der Waals surface area contributed by atoms with Gasteiger partial charge in [0.05, 0.1) is 37.2 Å². The first kappa shape index (κ1) is 28.8. The molecule has 0 saturated carbocycles. The van der Waals surface area contributed by atoms with Gasteiger partial charge in [0.1, 0.15) is 18.1 Å². The Labute approximate surface area is 234 Å². The molecule has 0 fully saturated rings. The number of aromatic nitrogens is 4. The van der Waals surface area contributed by atoms with Crippen LogP contribution < -0.4 is 25.5 Å². The third kappa shape index (κ3) is 6.89. The van der Waals surface area contributed by atoms with Crippen LogP contribution in [0.2, 0.25) is 5.02 Å². The highest BCUT2D eigenvalue weighted by Gasteiger charge is 2.39. The first-order chi connectivity index (χ1) is 19.5. The van der Waals surface area contributed by atoms with E-state index in [4.69, 9.17) is 36.8 Å². The molecular weight excluding hydrogens is 569 g/mol. The number of amides is 1. The van der Waals surface area contributed by atoms with Gasteiger partial charge < -0.3 is 19.9 Å². The minimum Gasteiger partial charge on any atom is -0.497 e. The second-order valence-electron chi connectivity index (χ2n) is 8.27. The largest absolute Gasteiger partial charge is 0.497 e. The fourth-order valence-corrected chi connectivity index (χ4v) is 3.71. The van der Waals surface area contributed by atoms with Crippen molar-refractivity contribution in [1.82, 2.24) is 19.5 Å². The zero-order valence-electron chi connectivity index (χ0n) is 21.0. The lowest BCUT2D eigenvalue weighted by Crippen LogP contribution is -2.27. The Balaban J connectivity index is 1.72. The maximum Gasteiger partial charge on any atom is 0.437 e. The van der Waals surface area contributed by atoms with Crippen molar-refractivity contribution in [3.63, 3.8) is 0 Å². The Morgan fingerprint density at radius 1 is 1.15 bits per heavy atom. The number of alkyl halides is 3. The molecule has 11 nitrogen and oxygen atoms in total. The molecule has 0 aliphatic carbocycles. The van der Waals surface area contributed by atoms with Crippen molar-refractivity contribution in [1.29, 1.82) is 5.26 Å².